The molecule has 128 valence electrons. The van der Waals surface area contributed by atoms with Gasteiger partial charge in [-0.15, -0.1) is 0 Å². The van der Waals surface area contributed by atoms with E-state index >= 15 is 0 Å². The average molecular weight is 342 g/mol. The normalized spacial score (nSPS) is 16.6. The Morgan fingerprint density at radius 2 is 2.09 bits per heavy atom. The second-order valence-corrected chi connectivity index (χ2v) is 6.56. The quantitative estimate of drug-likeness (QED) is 0.714. The fourth-order valence-corrected chi connectivity index (χ4v) is 3.03. The maximum atomic E-state index is 13.3. The summed E-state index contributed by atoms with van der Waals surface area (Å²) in [4.78, 5) is 13.5. The number of hydrogen-bond donors (Lipinski definition) is 2. The number of carbonyl (C=O) groups excluding carboxylic acids is 1. The highest BCUT2D eigenvalue weighted by Gasteiger charge is 2.22. The Labute approximate surface area is 142 Å². The zero-order valence-electron chi connectivity index (χ0n) is 13.4. The number of carbonyl (C=O) groups is 1. The molecule has 1 aromatic carbocycles. The van der Waals surface area contributed by atoms with E-state index in [0.29, 0.717) is 6.54 Å². The van der Waals surface area contributed by atoms with Gasteiger partial charge in [0.1, 0.15) is 5.82 Å². The Hall–Kier alpha value is -1.17. The monoisotopic (exact) mass is 341 g/mol. The van der Waals surface area contributed by atoms with Crippen molar-refractivity contribution in [2.45, 2.75) is 32.2 Å². The number of likely N-dealkylation sites (tertiary alicyclic amines) is 1. The summed E-state index contributed by atoms with van der Waals surface area (Å²) >= 11 is 5.66. The van der Waals surface area contributed by atoms with Crippen molar-refractivity contribution in [3.8, 4) is 0 Å². The van der Waals surface area contributed by atoms with E-state index in [1.54, 1.807) is 6.07 Å². The molecule has 1 heterocycles. The molecule has 23 heavy (non-hydrogen) atoms. The molecule has 0 aliphatic carbocycles. The van der Waals surface area contributed by atoms with Crippen LogP contribution in [0, 0.1) is 11.7 Å². The number of amides is 1. The first-order chi connectivity index (χ1) is 11.1. The zero-order valence-corrected chi connectivity index (χ0v) is 14.1. The largest absolute Gasteiger partial charge is 0.369 e. The predicted molar refractivity (Wildman–Crippen MR) is 90.7 cm³/mol. The van der Waals surface area contributed by atoms with Crippen molar-refractivity contribution in [2.75, 3.05) is 26.2 Å². The van der Waals surface area contributed by atoms with E-state index in [1.807, 2.05) is 6.07 Å². The smallest absolute Gasteiger partial charge is 0.220 e. The first kappa shape index (κ1) is 18.2. The maximum Gasteiger partial charge on any atom is 0.220 e. The van der Waals surface area contributed by atoms with Crippen molar-refractivity contribution in [3.05, 3.63) is 34.6 Å². The van der Waals surface area contributed by atoms with Gasteiger partial charge in [0.25, 0.3) is 0 Å². The average Bonchev–Trinajstić information content (AvgIpc) is 2.54. The number of nitrogens with two attached hydrogens (primary N) is 1. The summed E-state index contributed by atoms with van der Waals surface area (Å²) < 4.78 is 13.3. The third-order valence-electron chi connectivity index (χ3n) is 4.38. The van der Waals surface area contributed by atoms with Gasteiger partial charge in [0.05, 0.1) is 5.02 Å². The van der Waals surface area contributed by atoms with Crippen LogP contribution < -0.4 is 11.1 Å². The van der Waals surface area contributed by atoms with Crippen molar-refractivity contribution in [2.24, 2.45) is 11.7 Å². The number of nitrogens with zero attached hydrogens (tertiary/aromatic N) is 1. The first-order valence-corrected chi connectivity index (χ1v) is 8.60. The highest BCUT2D eigenvalue weighted by Crippen LogP contribution is 2.17. The molecule has 4 nitrogen and oxygen atoms in total. The van der Waals surface area contributed by atoms with Crippen LogP contribution in [0.1, 0.15) is 31.2 Å². The number of halogens is 2. The van der Waals surface area contributed by atoms with Crippen LogP contribution >= 0.6 is 11.6 Å². The topological polar surface area (TPSA) is 58.4 Å². The lowest BCUT2D eigenvalue weighted by molar-refractivity contribution is -0.123. The number of hydrogen-bond acceptors (Lipinski definition) is 3. The fraction of sp³-hybridized carbons (Fsp3) is 0.588. The molecule has 0 spiro atoms. The number of piperidine rings is 1. The minimum absolute atomic E-state index is 0.0627. The molecule has 1 aliphatic heterocycles. The van der Waals surface area contributed by atoms with Crippen LogP contribution in [0.25, 0.3) is 0 Å². The van der Waals surface area contributed by atoms with Crippen LogP contribution in [0.3, 0.4) is 0 Å². The summed E-state index contributed by atoms with van der Waals surface area (Å²) in [5, 5.41) is 3.48. The van der Waals surface area contributed by atoms with Crippen molar-refractivity contribution in [1.82, 2.24) is 10.2 Å². The molecule has 1 aliphatic rings. The Morgan fingerprint density at radius 1 is 1.35 bits per heavy atom. The van der Waals surface area contributed by atoms with E-state index in [0.717, 1.165) is 57.4 Å². The Morgan fingerprint density at radius 3 is 2.74 bits per heavy atom. The SMILES string of the molecule is NC(=O)C1CCN(CCCCNCc2ccc(Cl)c(F)c2)CC1. The molecule has 3 N–H and O–H groups in total. The first-order valence-electron chi connectivity index (χ1n) is 8.22. The number of primary amides is 1. The third kappa shape index (κ3) is 6.09. The van der Waals surface area contributed by atoms with Crippen molar-refractivity contribution >= 4 is 17.5 Å². The van der Waals surface area contributed by atoms with E-state index in [1.165, 1.54) is 6.07 Å². The minimum atomic E-state index is -0.370. The molecule has 0 bridgehead atoms. The highest BCUT2D eigenvalue weighted by molar-refractivity contribution is 6.30. The molecule has 2 rings (SSSR count). The minimum Gasteiger partial charge on any atom is -0.369 e. The Bertz CT molecular complexity index is 519. The van der Waals surface area contributed by atoms with E-state index in [4.69, 9.17) is 17.3 Å². The summed E-state index contributed by atoms with van der Waals surface area (Å²) in [5.41, 5.74) is 6.24. The number of unbranched alkanes of at least 4 members (excludes halogenated alkanes) is 1. The third-order valence-corrected chi connectivity index (χ3v) is 4.69. The molecule has 0 unspecified atom stereocenters. The second-order valence-electron chi connectivity index (χ2n) is 6.15. The molecule has 0 saturated carbocycles. The van der Waals surface area contributed by atoms with Gasteiger partial charge in [-0.3, -0.25) is 4.79 Å². The standard InChI is InChI=1S/C17H25ClFN3O/c18-15-4-3-13(11-16(15)19)12-21-7-1-2-8-22-9-5-14(6-10-22)17(20)23/h3-4,11,14,21H,1-2,5-10,12H2,(H2,20,23). The van der Waals surface area contributed by atoms with Crippen LogP contribution in [0.2, 0.25) is 5.02 Å². The number of nitrogens with one attached hydrogen (secondary N) is 1. The lowest BCUT2D eigenvalue weighted by atomic mass is 9.96. The molecule has 0 aromatic heterocycles. The fourth-order valence-electron chi connectivity index (χ4n) is 2.91. The summed E-state index contributed by atoms with van der Waals surface area (Å²) in [6.45, 7) is 4.54. The second kappa shape index (κ2) is 9.21. The van der Waals surface area contributed by atoms with E-state index in [-0.39, 0.29) is 22.7 Å². The van der Waals surface area contributed by atoms with Crippen LogP contribution in [-0.2, 0) is 11.3 Å². The van der Waals surface area contributed by atoms with Gasteiger partial charge in [-0.25, -0.2) is 4.39 Å². The van der Waals surface area contributed by atoms with Crippen LogP contribution in [0.4, 0.5) is 4.39 Å². The van der Waals surface area contributed by atoms with Gasteiger partial charge in [0.15, 0.2) is 0 Å². The molecule has 6 heteroatoms. The van der Waals surface area contributed by atoms with E-state index in [2.05, 4.69) is 10.2 Å². The molecule has 1 saturated heterocycles. The molecular weight excluding hydrogens is 317 g/mol. The predicted octanol–water partition coefficient (Wildman–Crippen LogP) is 2.55. The van der Waals surface area contributed by atoms with Crippen LogP contribution in [0.5, 0.6) is 0 Å². The molecule has 1 fully saturated rings. The molecule has 1 aromatic rings. The summed E-state index contributed by atoms with van der Waals surface area (Å²) in [6, 6.07) is 4.89. The van der Waals surface area contributed by atoms with Gasteiger partial charge in [-0.05, 0) is 69.6 Å². The van der Waals surface area contributed by atoms with Gasteiger partial charge >= 0.3 is 0 Å². The lowest BCUT2D eigenvalue weighted by Crippen LogP contribution is -2.39. The molecule has 1 amide bonds. The Balaban J connectivity index is 1.53. The number of rotatable bonds is 8. The van der Waals surface area contributed by atoms with Crippen molar-refractivity contribution in [1.29, 1.82) is 0 Å². The van der Waals surface area contributed by atoms with E-state index in [9.17, 15) is 9.18 Å². The van der Waals surface area contributed by atoms with Gasteiger partial charge in [0.2, 0.25) is 5.91 Å². The molecule has 0 atom stereocenters. The van der Waals surface area contributed by atoms with Crippen molar-refractivity contribution < 1.29 is 9.18 Å². The maximum absolute atomic E-state index is 13.3. The van der Waals surface area contributed by atoms with Crippen molar-refractivity contribution in [3.63, 3.8) is 0 Å². The Kier molecular flexibility index (Phi) is 7.27. The highest BCUT2D eigenvalue weighted by atomic mass is 35.5. The van der Waals surface area contributed by atoms with Crippen LogP contribution in [0.15, 0.2) is 18.2 Å². The van der Waals surface area contributed by atoms with Crippen LogP contribution in [-0.4, -0.2) is 37.0 Å². The van der Waals surface area contributed by atoms with Gasteiger partial charge in [0, 0.05) is 12.5 Å². The molecular formula is C17H25ClFN3O. The number of benzene rings is 1. The van der Waals surface area contributed by atoms with E-state index < -0.39 is 0 Å². The van der Waals surface area contributed by atoms with Gasteiger partial charge < -0.3 is 16.0 Å². The zero-order chi connectivity index (χ0) is 16.7. The van der Waals surface area contributed by atoms with Gasteiger partial charge in [-0.2, -0.15) is 0 Å². The summed E-state index contributed by atoms with van der Waals surface area (Å²) in [5.74, 6) is -0.467. The summed E-state index contributed by atoms with van der Waals surface area (Å²) in [6.07, 6.45) is 3.96. The lowest BCUT2D eigenvalue weighted by Gasteiger charge is -2.30. The summed E-state index contributed by atoms with van der Waals surface area (Å²) in [7, 11) is 0. The van der Waals surface area contributed by atoms with Gasteiger partial charge in [-0.1, -0.05) is 17.7 Å². The molecule has 0 radical (unpaired) electrons.